The summed E-state index contributed by atoms with van der Waals surface area (Å²) in [6, 6.07) is 6.91. The number of carbonyl (C=O) groups excluding carboxylic acids is 1. The smallest absolute Gasteiger partial charge is 0.221 e. The van der Waals surface area contributed by atoms with Gasteiger partial charge in [-0.05, 0) is 17.7 Å². The molecule has 23 heavy (non-hydrogen) atoms. The molecule has 1 amide bonds. The van der Waals surface area contributed by atoms with Gasteiger partial charge in [-0.2, -0.15) is 0 Å². The number of hydrogen-bond donors (Lipinski definition) is 2. The van der Waals surface area contributed by atoms with E-state index in [0.717, 1.165) is 57.2 Å². The van der Waals surface area contributed by atoms with Crippen LogP contribution in [0.4, 0.5) is 11.4 Å². The van der Waals surface area contributed by atoms with Crippen LogP contribution in [0.15, 0.2) is 23.2 Å². The maximum absolute atomic E-state index is 11.4. The van der Waals surface area contributed by atoms with Crippen LogP contribution in [0, 0.1) is 0 Å². The normalized spacial score (nSPS) is 25.0. The number of carbonyl (C=O) groups is 1. The molecule has 2 saturated heterocycles. The second kappa shape index (κ2) is 6.29. The Hall–Kier alpha value is -1.92. The van der Waals surface area contributed by atoms with Crippen LogP contribution in [0.2, 0.25) is 0 Å². The monoisotopic (exact) mass is 313 g/mol. The molecule has 0 bridgehead atoms. The van der Waals surface area contributed by atoms with Gasteiger partial charge in [-0.15, -0.1) is 0 Å². The van der Waals surface area contributed by atoms with E-state index in [-0.39, 0.29) is 5.91 Å². The van der Waals surface area contributed by atoms with Gasteiger partial charge in [-0.3, -0.25) is 19.6 Å². The van der Waals surface area contributed by atoms with E-state index in [1.54, 1.807) is 0 Å². The van der Waals surface area contributed by atoms with Crippen LogP contribution < -0.4 is 10.6 Å². The Labute approximate surface area is 136 Å². The Balaban J connectivity index is 1.33. The lowest BCUT2D eigenvalue weighted by Crippen LogP contribution is -2.50. The summed E-state index contributed by atoms with van der Waals surface area (Å²) < 4.78 is 0. The van der Waals surface area contributed by atoms with Crippen LogP contribution in [0.1, 0.15) is 12.0 Å². The van der Waals surface area contributed by atoms with E-state index in [1.165, 1.54) is 5.56 Å². The molecule has 1 aromatic rings. The van der Waals surface area contributed by atoms with E-state index in [9.17, 15) is 4.79 Å². The zero-order chi connectivity index (χ0) is 15.6. The van der Waals surface area contributed by atoms with Crippen LogP contribution in [0.5, 0.6) is 0 Å². The lowest BCUT2D eigenvalue weighted by atomic mass is 10.1. The van der Waals surface area contributed by atoms with Crippen molar-refractivity contribution in [3.05, 3.63) is 23.8 Å². The molecule has 3 heterocycles. The third-order valence-corrected chi connectivity index (χ3v) is 4.96. The van der Waals surface area contributed by atoms with E-state index in [4.69, 9.17) is 0 Å². The van der Waals surface area contributed by atoms with Crippen molar-refractivity contribution in [2.75, 3.05) is 44.6 Å². The van der Waals surface area contributed by atoms with Gasteiger partial charge in [0.25, 0.3) is 0 Å². The maximum Gasteiger partial charge on any atom is 0.221 e. The molecule has 3 aliphatic rings. The summed E-state index contributed by atoms with van der Waals surface area (Å²) in [5, 5.41) is 6.26. The third kappa shape index (κ3) is 3.23. The average molecular weight is 313 g/mol. The number of nitrogens with one attached hydrogen (secondary N) is 2. The van der Waals surface area contributed by atoms with Gasteiger partial charge in [0, 0.05) is 57.9 Å². The van der Waals surface area contributed by atoms with E-state index in [1.807, 2.05) is 6.21 Å². The molecule has 1 atom stereocenters. The lowest BCUT2D eigenvalue weighted by Gasteiger charge is -2.37. The van der Waals surface area contributed by atoms with Crippen molar-refractivity contribution in [3.63, 3.8) is 0 Å². The van der Waals surface area contributed by atoms with Gasteiger partial charge in [0.15, 0.2) is 0 Å². The third-order valence-electron chi connectivity index (χ3n) is 4.96. The van der Waals surface area contributed by atoms with Crippen molar-refractivity contribution in [3.8, 4) is 0 Å². The van der Waals surface area contributed by atoms with E-state index in [2.05, 4.69) is 43.6 Å². The average Bonchev–Trinajstić information content (AvgIpc) is 3.02. The number of rotatable bonds is 3. The summed E-state index contributed by atoms with van der Waals surface area (Å²) in [4.78, 5) is 20.8. The van der Waals surface area contributed by atoms with Crippen LogP contribution in [0.3, 0.4) is 0 Å². The largest absolute Gasteiger partial charge is 0.378 e. The number of hydrogen-bond acceptors (Lipinski definition) is 5. The summed E-state index contributed by atoms with van der Waals surface area (Å²) in [6.45, 7) is 6.81. The number of piperazine rings is 1. The summed E-state index contributed by atoms with van der Waals surface area (Å²) in [6.07, 6.45) is 2.58. The minimum absolute atomic E-state index is 0.195. The Morgan fingerprint density at radius 2 is 2.04 bits per heavy atom. The Morgan fingerprint density at radius 3 is 2.83 bits per heavy atom. The summed E-state index contributed by atoms with van der Waals surface area (Å²) in [7, 11) is 0. The number of nitrogens with zero attached hydrogens (tertiary/aromatic N) is 3. The first-order valence-electron chi connectivity index (χ1n) is 8.40. The fraction of sp³-hybridized carbons (Fsp3) is 0.529. The minimum Gasteiger partial charge on any atom is -0.378 e. The highest BCUT2D eigenvalue weighted by molar-refractivity contribution is 5.80. The predicted molar refractivity (Wildman–Crippen MR) is 91.3 cm³/mol. The Kier molecular flexibility index (Phi) is 4.01. The molecule has 0 aliphatic carbocycles. The molecular weight excluding hydrogens is 290 g/mol. The maximum atomic E-state index is 11.4. The van der Waals surface area contributed by atoms with E-state index in [0.29, 0.717) is 12.5 Å². The molecular formula is C17H23N5O. The van der Waals surface area contributed by atoms with Gasteiger partial charge in [0.2, 0.25) is 5.91 Å². The molecule has 122 valence electrons. The summed E-state index contributed by atoms with van der Waals surface area (Å²) >= 11 is 0. The van der Waals surface area contributed by atoms with Gasteiger partial charge in [-0.1, -0.05) is 6.07 Å². The number of aliphatic imine (C=N–C) groups is 1. The van der Waals surface area contributed by atoms with Crippen LogP contribution >= 0.6 is 0 Å². The molecule has 0 saturated carbocycles. The zero-order valence-corrected chi connectivity index (χ0v) is 13.3. The van der Waals surface area contributed by atoms with Crippen LogP contribution in [0.25, 0.3) is 0 Å². The van der Waals surface area contributed by atoms with E-state index < -0.39 is 0 Å². The van der Waals surface area contributed by atoms with Crippen molar-refractivity contribution in [1.82, 2.24) is 15.1 Å². The highest BCUT2D eigenvalue weighted by Gasteiger charge is 2.29. The number of benzene rings is 1. The minimum atomic E-state index is 0.195. The fourth-order valence-corrected chi connectivity index (χ4v) is 3.62. The zero-order valence-electron chi connectivity index (χ0n) is 13.3. The standard InChI is InChI=1S/C17H23N5O/c23-17-10-14(11-20-17)22-7-5-21(6-8-22)12-13-1-2-15-16(9-13)19-4-3-18-15/h1-2,4,9,14,18H,3,5-8,10-12H2,(H,20,23). The van der Waals surface area contributed by atoms with Gasteiger partial charge in [0.1, 0.15) is 0 Å². The van der Waals surface area contributed by atoms with Gasteiger partial charge in [-0.25, -0.2) is 0 Å². The summed E-state index contributed by atoms with van der Waals surface area (Å²) in [5.74, 6) is 0.195. The second-order valence-corrected chi connectivity index (χ2v) is 6.52. The molecule has 0 aromatic heterocycles. The Morgan fingerprint density at radius 1 is 1.17 bits per heavy atom. The van der Waals surface area contributed by atoms with Gasteiger partial charge in [0.05, 0.1) is 17.9 Å². The molecule has 6 heteroatoms. The van der Waals surface area contributed by atoms with Crippen molar-refractivity contribution in [1.29, 1.82) is 0 Å². The van der Waals surface area contributed by atoms with E-state index >= 15 is 0 Å². The first-order valence-corrected chi connectivity index (χ1v) is 8.40. The number of amides is 1. The molecule has 2 fully saturated rings. The van der Waals surface area contributed by atoms with Crippen LogP contribution in [-0.4, -0.2) is 67.2 Å². The fourth-order valence-electron chi connectivity index (χ4n) is 3.62. The number of fused-ring (bicyclic) bond motifs is 1. The molecule has 0 radical (unpaired) electrons. The second-order valence-electron chi connectivity index (χ2n) is 6.52. The highest BCUT2D eigenvalue weighted by Crippen LogP contribution is 2.28. The summed E-state index contributed by atoms with van der Waals surface area (Å²) in [5.41, 5.74) is 3.48. The highest BCUT2D eigenvalue weighted by atomic mass is 16.1. The number of anilines is 1. The molecule has 1 unspecified atom stereocenters. The quantitative estimate of drug-likeness (QED) is 0.867. The van der Waals surface area contributed by atoms with Gasteiger partial charge >= 0.3 is 0 Å². The van der Waals surface area contributed by atoms with Gasteiger partial charge < -0.3 is 10.6 Å². The molecule has 0 spiro atoms. The lowest BCUT2D eigenvalue weighted by molar-refractivity contribution is -0.119. The Bertz CT molecular complexity index is 621. The SMILES string of the molecule is O=C1CC(N2CCN(Cc3ccc4c(c3)N=CCN4)CC2)CN1. The first kappa shape index (κ1) is 14.7. The van der Waals surface area contributed by atoms with Crippen LogP contribution in [-0.2, 0) is 11.3 Å². The predicted octanol–water partition coefficient (Wildman–Crippen LogP) is 0.820. The molecule has 6 nitrogen and oxygen atoms in total. The van der Waals surface area contributed by atoms with Crippen molar-refractivity contribution in [2.24, 2.45) is 4.99 Å². The topological polar surface area (TPSA) is 60.0 Å². The van der Waals surface area contributed by atoms with Crippen molar-refractivity contribution >= 4 is 23.5 Å². The first-order chi connectivity index (χ1) is 11.3. The molecule has 3 aliphatic heterocycles. The van der Waals surface area contributed by atoms with Crippen molar-refractivity contribution < 1.29 is 4.79 Å². The van der Waals surface area contributed by atoms with Crippen molar-refractivity contribution in [2.45, 2.75) is 19.0 Å². The molecule has 4 rings (SSSR count). The molecule has 1 aromatic carbocycles. The molecule has 2 N–H and O–H groups in total.